The summed E-state index contributed by atoms with van der Waals surface area (Å²) in [5, 5.41) is 6.63. The van der Waals surface area contributed by atoms with E-state index in [1.807, 2.05) is 24.3 Å². The Hall–Kier alpha value is -1.59. The number of thiazole rings is 1. The first-order valence-electron chi connectivity index (χ1n) is 9.49. The lowest BCUT2D eigenvalue weighted by Crippen LogP contribution is -2.39. The van der Waals surface area contributed by atoms with Crippen LogP contribution in [0.5, 0.6) is 0 Å². The Balaban J connectivity index is 1.42. The second-order valence-electron chi connectivity index (χ2n) is 7.23. The summed E-state index contributed by atoms with van der Waals surface area (Å²) >= 11 is 7.54. The maximum absolute atomic E-state index is 12.8. The van der Waals surface area contributed by atoms with Crippen LogP contribution in [0.3, 0.4) is 0 Å². The highest BCUT2D eigenvalue weighted by Gasteiger charge is 2.31. The van der Waals surface area contributed by atoms with Gasteiger partial charge < -0.3 is 10.2 Å². The molecule has 4 rings (SSSR count). The van der Waals surface area contributed by atoms with Crippen LogP contribution in [0.2, 0.25) is 5.02 Å². The molecule has 0 unspecified atom stereocenters. The fraction of sp³-hybridized carbons (Fsp3) is 0.500. The normalized spacial score (nSPS) is 21.1. The molecule has 4 nitrogen and oxygen atoms in total. The molecule has 0 spiro atoms. The summed E-state index contributed by atoms with van der Waals surface area (Å²) in [5.41, 5.74) is 2.21. The number of hydrogen-bond acceptors (Lipinski definition) is 4. The Labute approximate surface area is 163 Å². The summed E-state index contributed by atoms with van der Waals surface area (Å²) in [6.45, 7) is 0.894. The van der Waals surface area contributed by atoms with E-state index in [4.69, 9.17) is 16.6 Å². The van der Waals surface area contributed by atoms with Gasteiger partial charge in [0, 0.05) is 28.6 Å². The molecule has 1 aliphatic heterocycles. The Bertz CT molecular complexity index is 755. The molecule has 1 aromatic carbocycles. The number of hydrogen-bond donors (Lipinski definition) is 1. The van der Waals surface area contributed by atoms with Gasteiger partial charge in [-0.05, 0) is 49.9 Å². The number of aromatic nitrogens is 1. The maximum Gasteiger partial charge on any atom is 0.248 e. The van der Waals surface area contributed by atoms with Crippen molar-refractivity contribution >= 4 is 39.7 Å². The van der Waals surface area contributed by atoms with Crippen molar-refractivity contribution in [1.29, 1.82) is 0 Å². The van der Waals surface area contributed by atoms with Crippen molar-refractivity contribution in [3.63, 3.8) is 0 Å². The zero-order valence-electron chi connectivity index (χ0n) is 14.8. The number of nitrogens with one attached hydrogen (secondary N) is 1. The van der Waals surface area contributed by atoms with E-state index in [9.17, 15) is 4.79 Å². The second kappa shape index (κ2) is 7.97. The molecule has 2 aromatic rings. The highest BCUT2D eigenvalue weighted by Crippen LogP contribution is 2.34. The molecule has 1 amide bonds. The number of benzene rings is 1. The summed E-state index contributed by atoms with van der Waals surface area (Å²) in [6.07, 6.45) is 8.27. The zero-order valence-corrected chi connectivity index (χ0v) is 16.4. The van der Waals surface area contributed by atoms with E-state index in [1.165, 1.54) is 32.1 Å². The van der Waals surface area contributed by atoms with E-state index < -0.39 is 0 Å². The van der Waals surface area contributed by atoms with Crippen LogP contribution in [0, 0.1) is 0 Å². The van der Waals surface area contributed by atoms with Gasteiger partial charge in [-0.1, -0.05) is 30.9 Å². The Morgan fingerprint density at radius 1 is 1.12 bits per heavy atom. The van der Waals surface area contributed by atoms with Gasteiger partial charge in [0.05, 0.1) is 5.69 Å². The van der Waals surface area contributed by atoms with E-state index in [2.05, 4.69) is 15.6 Å². The number of amides is 1. The zero-order chi connectivity index (χ0) is 17.9. The molecule has 1 aromatic heterocycles. The first kappa shape index (κ1) is 17.8. The minimum atomic E-state index is -0.141. The van der Waals surface area contributed by atoms with Crippen LogP contribution >= 0.6 is 22.9 Å². The van der Waals surface area contributed by atoms with Crippen molar-refractivity contribution in [1.82, 2.24) is 4.98 Å². The van der Waals surface area contributed by atoms with Gasteiger partial charge in [0.25, 0.3) is 0 Å². The van der Waals surface area contributed by atoms with E-state index in [0.29, 0.717) is 10.9 Å². The fourth-order valence-corrected chi connectivity index (χ4v) is 5.02. The predicted octanol–water partition coefficient (Wildman–Crippen LogP) is 5.45. The summed E-state index contributed by atoms with van der Waals surface area (Å²) in [6, 6.07) is 7.58. The van der Waals surface area contributed by atoms with Gasteiger partial charge in [0.15, 0.2) is 5.13 Å². The van der Waals surface area contributed by atoms with E-state index in [0.717, 1.165) is 35.9 Å². The Morgan fingerprint density at radius 2 is 1.88 bits per heavy atom. The van der Waals surface area contributed by atoms with Gasteiger partial charge in [-0.25, -0.2) is 4.98 Å². The topological polar surface area (TPSA) is 45.2 Å². The van der Waals surface area contributed by atoms with Gasteiger partial charge in [0.2, 0.25) is 5.91 Å². The van der Waals surface area contributed by atoms with Gasteiger partial charge in [-0.2, -0.15) is 0 Å². The number of anilines is 2. The van der Waals surface area contributed by atoms with Gasteiger partial charge in [-0.3, -0.25) is 4.79 Å². The lowest BCUT2D eigenvalue weighted by molar-refractivity contribution is -0.117. The van der Waals surface area contributed by atoms with Crippen molar-refractivity contribution in [3.8, 4) is 0 Å². The van der Waals surface area contributed by atoms with Crippen LogP contribution < -0.4 is 10.2 Å². The van der Waals surface area contributed by atoms with Crippen molar-refractivity contribution in [2.24, 2.45) is 0 Å². The van der Waals surface area contributed by atoms with Crippen molar-refractivity contribution in [3.05, 3.63) is 40.4 Å². The fourth-order valence-electron chi connectivity index (χ4n) is 4.10. The molecule has 1 saturated heterocycles. The minimum absolute atomic E-state index is 0.0435. The molecular weight excluding hydrogens is 366 g/mol. The van der Waals surface area contributed by atoms with Crippen LogP contribution in [0.25, 0.3) is 0 Å². The standard InChI is InChI=1S/C20H24ClN3OS/c21-15-8-10-16(11-9-15)24-12-4-7-18(24)19(25)23-20-22-17(13-26-20)14-5-2-1-3-6-14/h8-11,13-14,18H,1-7,12H2,(H,22,23,25)/t18-/m0/s1. The SMILES string of the molecule is O=C(Nc1nc(C2CCCCC2)cs1)[C@@H]1CCCN1c1ccc(Cl)cc1. The molecule has 1 saturated carbocycles. The number of carbonyl (C=O) groups is 1. The van der Waals surface area contributed by atoms with Crippen LogP contribution in [0.4, 0.5) is 10.8 Å². The van der Waals surface area contributed by atoms with Crippen molar-refractivity contribution in [2.45, 2.75) is 56.9 Å². The molecule has 2 aliphatic rings. The molecule has 26 heavy (non-hydrogen) atoms. The molecular formula is C20H24ClN3OS. The quantitative estimate of drug-likeness (QED) is 0.755. The van der Waals surface area contributed by atoms with Crippen molar-refractivity contribution in [2.75, 3.05) is 16.8 Å². The first-order valence-corrected chi connectivity index (χ1v) is 10.7. The average Bonchev–Trinajstić information content (AvgIpc) is 3.33. The largest absolute Gasteiger partial charge is 0.360 e. The van der Waals surface area contributed by atoms with Gasteiger partial charge in [-0.15, -0.1) is 11.3 Å². The average molecular weight is 390 g/mol. The summed E-state index contributed by atoms with van der Waals surface area (Å²) in [4.78, 5) is 19.7. The van der Waals surface area contributed by atoms with Crippen LogP contribution in [-0.2, 0) is 4.79 Å². The first-order chi connectivity index (χ1) is 12.7. The Kier molecular flexibility index (Phi) is 5.46. The highest BCUT2D eigenvalue weighted by atomic mass is 35.5. The predicted molar refractivity (Wildman–Crippen MR) is 108 cm³/mol. The molecule has 2 heterocycles. The molecule has 6 heteroatoms. The third-order valence-corrected chi connectivity index (χ3v) is 6.52. The van der Waals surface area contributed by atoms with E-state index in [-0.39, 0.29) is 11.9 Å². The third kappa shape index (κ3) is 3.89. The molecule has 1 atom stereocenters. The smallest absolute Gasteiger partial charge is 0.248 e. The molecule has 2 fully saturated rings. The molecule has 138 valence electrons. The van der Waals surface area contributed by atoms with Crippen LogP contribution in [0.1, 0.15) is 56.6 Å². The number of halogens is 1. The lowest BCUT2D eigenvalue weighted by atomic mass is 9.87. The minimum Gasteiger partial charge on any atom is -0.360 e. The number of carbonyl (C=O) groups excluding carboxylic acids is 1. The van der Waals surface area contributed by atoms with E-state index >= 15 is 0 Å². The molecule has 1 N–H and O–H groups in total. The summed E-state index contributed by atoms with van der Waals surface area (Å²) in [7, 11) is 0. The van der Waals surface area contributed by atoms with Gasteiger partial charge >= 0.3 is 0 Å². The third-order valence-electron chi connectivity index (χ3n) is 5.49. The molecule has 1 aliphatic carbocycles. The van der Waals surface area contributed by atoms with Crippen LogP contribution in [0.15, 0.2) is 29.6 Å². The monoisotopic (exact) mass is 389 g/mol. The highest BCUT2D eigenvalue weighted by molar-refractivity contribution is 7.13. The molecule has 0 bridgehead atoms. The maximum atomic E-state index is 12.8. The van der Waals surface area contributed by atoms with Crippen molar-refractivity contribution < 1.29 is 4.79 Å². The Morgan fingerprint density at radius 3 is 2.65 bits per heavy atom. The number of rotatable bonds is 4. The van der Waals surface area contributed by atoms with E-state index in [1.54, 1.807) is 11.3 Å². The second-order valence-corrected chi connectivity index (χ2v) is 8.52. The number of nitrogens with zero attached hydrogens (tertiary/aromatic N) is 2. The summed E-state index contributed by atoms with van der Waals surface area (Å²) in [5.74, 6) is 0.615. The van der Waals surface area contributed by atoms with Gasteiger partial charge in [0.1, 0.15) is 6.04 Å². The lowest BCUT2D eigenvalue weighted by Gasteiger charge is -2.25. The molecule has 0 radical (unpaired) electrons. The summed E-state index contributed by atoms with van der Waals surface area (Å²) < 4.78 is 0. The van der Waals surface area contributed by atoms with Crippen LogP contribution in [-0.4, -0.2) is 23.5 Å².